The molecule has 1 aliphatic rings. The van der Waals surface area contributed by atoms with Crippen molar-refractivity contribution in [3.05, 3.63) is 29.3 Å². The van der Waals surface area contributed by atoms with Crippen LogP contribution in [0.2, 0.25) is 0 Å². The van der Waals surface area contributed by atoms with E-state index in [2.05, 4.69) is 11.4 Å². The lowest BCUT2D eigenvalue weighted by Gasteiger charge is -2.20. The summed E-state index contributed by atoms with van der Waals surface area (Å²) in [6.07, 6.45) is 2.18. The first-order chi connectivity index (χ1) is 6.83. The molecular weight excluding hydrogens is 198 g/mol. The lowest BCUT2D eigenvalue weighted by atomic mass is 9.98. The Kier molecular flexibility index (Phi) is 2.73. The van der Waals surface area contributed by atoms with Gasteiger partial charge in [0.2, 0.25) is 0 Å². The highest BCUT2D eigenvalue weighted by molar-refractivity contribution is 6.31. The summed E-state index contributed by atoms with van der Waals surface area (Å²) in [7, 11) is 0. The molecule has 0 amide bonds. The minimum Gasteiger partial charge on any atom is -0.384 e. The van der Waals surface area contributed by atoms with Crippen LogP contribution < -0.4 is 5.32 Å². The SMILES string of the molecule is O=C(CCl)c1cccc2c1NCCC2. The van der Waals surface area contributed by atoms with Gasteiger partial charge in [0.05, 0.1) is 5.88 Å². The Morgan fingerprint density at radius 1 is 1.50 bits per heavy atom. The maximum absolute atomic E-state index is 11.5. The van der Waals surface area contributed by atoms with Crippen molar-refractivity contribution in [1.29, 1.82) is 0 Å². The molecule has 0 aliphatic carbocycles. The van der Waals surface area contributed by atoms with Crippen LogP contribution in [-0.2, 0) is 6.42 Å². The highest BCUT2D eigenvalue weighted by atomic mass is 35.5. The number of benzene rings is 1. The van der Waals surface area contributed by atoms with E-state index in [0.29, 0.717) is 0 Å². The van der Waals surface area contributed by atoms with Gasteiger partial charge in [0.15, 0.2) is 5.78 Å². The third kappa shape index (κ3) is 1.62. The first-order valence-electron chi connectivity index (χ1n) is 4.78. The van der Waals surface area contributed by atoms with E-state index in [0.717, 1.165) is 30.6 Å². The second kappa shape index (κ2) is 4.01. The summed E-state index contributed by atoms with van der Waals surface area (Å²) < 4.78 is 0. The first kappa shape index (κ1) is 9.53. The number of nitrogens with one attached hydrogen (secondary N) is 1. The molecule has 0 unspecified atom stereocenters. The average molecular weight is 210 g/mol. The van der Waals surface area contributed by atoms with E-state index in [-0.39, 0.29) is 11.7 Å². The molecule has 2 nitrogen and oxygen atoms in total. The molecule has 2 rings (SSSR count). The number of Topliss-reactive ketones (excluding diaryl/α,β-unsaturated/α-hetero) is 1. The Morgan fingerprint density at radius 3 is 3.14 bits per heavy atom. The molecule has 0 atom stereocenters. The zero-order valence-corrected chi connectivity index (χ0v) is 8.60. The van der Waals surface area contributed by atoms with E-state index < -0.39 is 0 Å². The Morgan fingerprint density at radius 2 is 2.36 bits per heavy atom. The summed E-state index contributed by atoms with van der Waals surface area (Å²) in [6, 6.07) is 5.82. The zero-order valence-electron chi connectivity index (χ0n) is 7.85. The minimum absolute atomic E-state index is 0.00193. The fraction of sp³-hybridized carbons (Fsp3) is 0.364. The van der Waals surface area contributed by atoms with Crippen LogP contribution in [-0.4, -0.2) is 18.2 Å². The number of fused-ring (bicyclic) bond motifs is 1. The quantitative estimate of drug-likeness (QED) is 0.599. The number of carbonyl (C=O) groups is 1. The predicted molar refractivity (Wildman–Crippen MR) is 58.3 cm³/mol. The summed E-state index contributed by atoms with van der Waals surface area (Å²) >= 11 is 5.55. The summed E-state index contributed by atoms with van der Waals surface area (Å²) in [5, 5.41) is 3.27. The molecule has 0 aromatic heterocycles. The number of carbonyl (C=O) groups excluding carboxylic acids is 1. The van der Waals surface area contributed by atoms with Crippen molar-refractivity contribution >= 4 is 23.1 Å². The summed E-state index contributed by atoms with van der Waals surface area (Å²) in [6.45, 7) is 0.944. The van der Waals surface area contributed by atoms with Crippen molar-refractivity contribution in [2.24, 2.45) is 0 Å². The summed E-state index contributed by atoms with van der Waals surface area (Å²) in [5.41, 5.74) is 2.95. The van der Waals surface area contributed by atoms with E-state index in [9.17, 15) is 4.79 Å². The third-order valence-corrected chi connectivity index (χ3v) is 2.74. The number of hydrogen-bond acceptors (Lipinski definition) is 2. The number of rotatable bonds is 2. The lowest BCUT2D eigenvalue weighted by molar-refractivity contribution is 0.102. The Labute approximate surface area is 88.3 Å². The van der Waals surface area contributed by atoms with Crippen molar-refractivity contribution < 1.29 is 4.79 Å². The maximum Gasteiger partial charge on any atom is 0.179 e. The second-order valence-electron chi connectivity index (χ2n) is 3.43. The van der Waals surface area contributed by atoms with Crippen LogP contribution in [0, 0.1) is 0 Å². The molecular formula is C11H12ClNO. The molecule has 0 spiro atoms. The maximum atomic E-state index is 11.5. The molecule has 1 heterocycles. The average Bonchev–Trinajstić information content (AvgIpc) is 2.27. The van der Waals surface area contributed by atoms with E-state index in [1.54, 1.807) is 0 Å². The van der Waals surface area contributed by atoms with E-state index in [1.807, 2.05) is 12.1 Å². The smallest absolute Gasteiger partial charge is 0.179 e. The fourth-order valence-corrected chi connectivity index (χ4v) is 1.96. The fourth-order valence-electron chi connectivity index (χ4n) is 1.81. The molecule has 1 aromatic rings. The van der Waals surface area contributed by atoms with Crippen molar-refractivity contribution in [3.8, 4) is 0 Å². The highest BCUT2D eigenvalue weighted by Gasteiger charge is 2.15. The van der Waals surface area contributed by atoms with Crippen LogP contribution >= 0.6 is 11.6 Å². The molecule has 0 saturated carbocycles. The standard InChI is InChI=1S/C11H12ClNO/c12-7-10(14)9-5-1-3-8-4-2-6-13-11(8)9/h1,3,5,13H,2,4,6-7H2. The second-order valence-corrected chi connectivity index (χ2v) is 3.69. The van der Waals surface area contributed by atoms with Gasteiger partial charge in [-0.2, -0.15) is 0 Å². The van der Waals surface area contributed by atoms with Crippen LogP contribution in [0.1, 0.15) is 22.3 Å². The Hall–Kier alpha value is -1.02. The van der Waals surface area contributed by atoms with Gasteiger partial charge in [-0.1, -0.05) is 12.1 Å². The number of hydrogen-bond donors (Lipinski definition) is 1. The first-order valence-corrected chi connectivity index (χ1v) is 5.31. The molecule has 0 fully saturated rings. The highest BCUT2D eigenvalue weighted by Crippen LogP contribution is 2.26. The largest absolute Gasteiger partial charge is 0.384 e. The molecule has 0 saturated heterocycles. The molecule has 14 heavy (non-hydrogen) atoms. The van der Waals surface area contributed by atoms with Crippen LogP contribution in [0.25, 0.3) is 0 Å². The molecule has 74 valence electrons. The minimum atomic E-state index is -0.00193. The number of halogens is 1. The molecule has 1 aromatic carbocycles. The summed E-state index contributed by atoms with van der Waals surface area (Å²) in [4.78, 5) is 11.5. The van der Waals surface area contributed by atoms with Crippen molar-refractivity contribution in [2.75, 3.05) is 17.7 Å². The van der Waals surface area contributed by atoms with Gasteiger partial charge in [-0.3, -0.25) is 4.79 Å². The zero-order chi connectivity index (χ0) is 9.97. The topological polar surface area (TPSA) is 29.1 Å². The van der Waals surface area contributed by atoms with Gasteiger partial charge in [0.25, 0.3) is 0 Å². The third-order valence-electron chi connectivity index (χ3n) is 2.50. The monoisotopic (exact) mass is 209 g/mol. The van der Waals surface area contributed by atoms with Gasteiger partial charge in [-0.05, 0) is 24.5 Å². The van der Waals surface area contributed by atoms with E-state index in [4.69, 9.17) is 11.6 Å². The molecule has 1 aliphatic heterocycles. The van der Waals surface area contributed by atoms with Gasteiger partial charge in [-0.15, -0.1) is 11.6 Å². The summed E-state index contributed by atoms with van der Waals surface area (Å²) in [5.74, 6) is 0.0518. The van der Waals surface area contributed by atoms with Crippen LogP contribution in [0.5, 0.6) is 0 Å². The van der Waals surface area contributed by atoms with Gasteiger partial charge >= 0.3 is 0 Å². The van der Waals surface area contributed by atoms with Gasteiger partial charge in [-0.25, -0.2) is 0 Å². The number of ketones is 1. The lowest BCUT2D eigenvalue weighted by Crippen LogP contribution is -2.16. The molecule has 1 N–H and O–H groups in total. The normalized spacial score (nSPS) is 14.4. The molecule has 0 radical (unpaired) electrons. The molecule has 3 heteroatoms. The number of anilines is 1. The molecule has 0 bridgehead atoms. The van der Waals surface area contributed by atoms with E-state index in [1.165, 1.54) is 5.56 Å². The Bertz CT molecular complexity index is 362. The van der Waals surface area contributed by atoms with Gasteiger partial charge in [0, 0.05) is 17.8 Å². The van der Waals surface area contributed by atoms with Crippen molar-refractivity contribution in [2.45, 2.75) is 12.8 Å². The Balaban J connectivity index is 2.45. The number of aryl methyl sites for hydroxylation is 1. The number of para-hydroxylation sites is 1. The number of alkyl halides is 1. The van der Waals surface area contributed by atoms with Gasteiger partial charge < -0.3 is 5.32 Å². The van der Waals surface area contributed by atoms with Gasteiger partial charge in [0.1, 0.15) is 0 Å². The predicted octanol–water partition coefficient (Wildman–Crippen LogP) is 2.47. The van der Waals surface area contributed by atoms with Crippen LogP contribution in [0.4, 0.5) is 5.69 Å². The van der Waals surface area contributed by atoms with Crippen molar-refractivity contribution in [3.63, 3.8) is 0 Å². The van der Waals surface area contributed by atoms with Crippen LogP contribution in [0.3, 0.4) is 0 Å². The van der Waals surface area contributed by atoms with E-state index >= 15 is 0 Å². The van der Waals surface area contributed by atoms with Crippen LogP contribution in [0.15, 0.2) is 18.2 Å². The van der Waals surface area contributed by atoms with Crippen molar-refractivity contribution in [1.82, 2.24) is 0 Å².